The molecule has 0 aliphatic rings. The van der Waals surface area contributed by atoms with E-state index in [0.717, 1.165) is 5.69 Å². The van der Waals surface area contributed by atoms with Gasteiger partial charge in [0.2, 0.25) is 0 Å². The summed E-state index contributed by atoms with van der Waals surface area (Å²) in [4.78, 5) is 25.5. The third kappa shape index (κ3) is 4.87. The van der Waals surface area contributed by atoms with Crippen molar-refractivity contribution in [2.24, 2.45) is 0 Å². The maximum absolute atomic E-state index is 11.8. The number of carboxylic acid groups (broad SMARTS) is 1. The zero-order valence-corrected chi connectivity index (χ0v) is 11.4. The number of hydrogen-bond donors (Lipinski definition) is 2. The van der Waals surface area contributed by atoms with Crippen molar-refractivity contribution < 1.29 is 14.7 Å². The van der Waals surface area contributed by atoms with Gasteiger partial charge in [0.25, 0.3) is 0 Å². The molecule has 2 N–H and O–H groups in total. The number of hydrogen-bond acceptors (Lipinski definition) is 3. The van der Waals surface area contributed by atoms with Crippen molar-refractivity contribution in [2.75, 3.05) is 37.9 Å². The van der Waals surface area contributed by atoms with Gasteiger partial charge in [0, 0.05) is 39.1 Å². The summed E-state index contributed by atoms with van der Waals surface area (Å²) in [6.07, 6.45) is -0.0660. The van der Waals surface area contributed by atoms with Crippen LogP contribution >= 0.6 is 0 Å². The van der Waals surface area contributed by atoms with Crippen LogP contribution in [0.25, 0.3) is 0 Å². The van der Waals surface area contributed by atoms with E-state index < -0.39 is 5.97 Å². The van der Waals surface area contributed by atoms with Crippen molar-refractivity contribution in [1.29, 1.82) is 0 Å². The second kappa shape index (κ2) is 6.63. The number of urea groups is 1. The highest BCUT2D eigenvalue weighted by Gasteiger charge is 2.10. The molecule has 0 saturated heterocycles. The number of rotatable bonds is 5. The van der Waals surface area contributed by atoms with Crippen LogP contribution in [0.15, 0.2) is 24.3 Å². The van der Waals surface area contributed by atoms with Crippen LogP contribution in [-0.4, -0.2) is 49.7 Å². The lowest BCUT2D eigenvalue weighted by Crippen LogP contribution is -2.33. The number of carbonyl (C=O) groups excluding carboxylic acids is 1. The minimum absolute atomic E-state index is 0.0660. The fraction of sp³-hybridized carbons (Fsp3) is 0.385. The molecular formula is C13H19N3O3. The van der Waals surface area contributed by atoms with E-state index >= 15 is 0 Å². The second-order valence-corrected chi connectivity index (χ2v) is 4.44. The fourth-order valence-electron chi connectivity index (χ4n) is 1.43. The molecule has 0 spiro atoms. The number of aliphatic carboxylic acids is 1. The largest absolute Gasteiger partial charge is 0.481 e. The molecule has 0 fully saturated rings. The van der Waals surface area contributed by atoms with Gasteiger partial charge in [-0.25, -0.2) is 4.79 Å². The number of nitrogens with one attached hydrogen (secondary N) is 1. The molecule has 0 radical (unpaired) electrons. The highest BCUT2D eigenvalue weighted by molar-refractivity contribution is 5.89. The summed E-state index contributed by atoms with van der Waals surface area (Å²) >= 11 is 0. The molecule has 0 aliphatic heterocycles. The van der Waals surface area contributed by atoms with E-state index in [-0.39, 0.29) is 19.0 Å². The highest BCUT2D eigenvalue weighted by Crippen LogP contribution is 2.15. The molecular weight excluding hydrogens is 246 g/mol. The Balaban J connectivity index is 2.54. The molecule has 6 nitrogen and oxygen atoms in total. The lowest BCUT2D eigenvalue weighted by atomic mass is 10.2. The van der Waals surface area contributed by atoms with E-state index in [0.29, 0.717) is 5.69 Å². The van der Waals surface area contributed by atoms with E-state index in [1.54, 1.807) is 19.2 Å². The third-order valence-corrected chi connectivity index (χ3v) is 2.64. The van der Waals surface area contributed by atoms with E-state index in [1.165, 1.54) is 4.90 Å². The standard InChI is InChI=1S/C13H19N3O3/c1-15(2)11-6-4-10(5-7-11)14-13(19)16(3)9-8-12(17)18/h4-7H,8-9H2,1-3H3,(H,14,19)(H,17,18). The summed E-state index contributed by atoms with van der Waals surface area (Å²) in [5.74, 6) is -0.921. The molecule has 1 aromatic carbocycles. The number of anilines is 2. The summed E-state index contributed by atoms with van der Waals surface area (Å²) in [6, 6.07) is 7.08. The van der Waals surface area contributed by atoms with Crippen LogP contribution in [0.2, 0.25) is 0 Å². The maximum Gasteiger partial charge on any atom is 0.321 e. The molecule has 104 valence electrons. The average molecular weight is 265 g/mol. The normalized spacial score (nSPS) is 9.84. The van der Waals surface area contributed by atoms with E-state index in [4.69, 9.17) is 5.11 Å². The summed E-state index contributed by atoms with van der Waals surface area (Å²) < 4.78 is 0. The first-order valence-electron chi connectivity index (χ1n) is 5.91. The first-order chi connectivity index (χ1) is 8.90. The smallest absolute Gasteiger partial charge is 0.321 e. The molecule has 0 aliphatic carbocycles. The molecule has 1 aromatic rings. The molecule has 19 heavy (non-hydrogen) atoms. The molecule has 0 saturated carbocycles. The van der Waals surface area contributed by atoms with E-state index in [1.807, 2.05) is 31.1 Å². The van der Waals surface area contributed by atoms with Crippen molar-refractivity contribution in [3.05, 3.63) is 24.3 Å². The molecule has 6 heteroatoms. The van der Waals surface area contributed by atoms with E-state index in [9.17, 15) is 9.59 Å². The monoisotopic (exact) mass is 265 g/mol. The molecule has 0 heterocycles. The van der Waals surface area contributed by atoms with Crippen LogP contribution in [0.1, 0.15) is 6.42 Å². The minimum atomic E-state index is -0.921. The Labute approximate surface area is 112 Å². The van der Waals surface area contributed by atoms with Crippen LogP contribution in [0.3, 0.4) is 0 Å². The van der Waals surface area contributed by atoms with Crippen molar-refractivity contribution in [2.45, 2.75) is 6.42 Å². The van der Waals surface area contributed by atoms with Crippen molar-refractivity contribution in [3.63, 3.8) is 0 Å². The first kappa shape index (κ1) is 14.8. The van der Waals surface area contributed by atoms with Gasteiger partial charge in [0.1, 0.15) is 0 Å². The first-order valence-corrected chi connectivity index (χ1v) is 5.91. The van der Waals surface area contributed by atoms with E-state index in [2.05, 4.69) is 5.32 Å². The topological polar surface area (TPSA) is 72.9 Å². The van der Waals surface area contributed by atoms with Gasteiger partial charge in [0.05, 0.1) is 6.42 Å². The molecule has 0 unspecified atom stereocenters. The number of carboxylic acids is 1. The zero-order valence-electron chi connectivity index (χ0n) is 11.4. The molecule has 1 rings (SSSR count). The number of nitrogens with zero attached hydrogens (tertiary/aromatic N) is 2. The Morgan fingerprint density at radius 1 is 1.16 bits per heavy atom. The van der Waals surface area contributed by atoms with Gasteiger partial charge >= 0.3 is 12.0 Å². The van der Waals surface area contributed by atoms with Crippen LogP contribution < -0.4 is 10.2 Å². The quantitative estimate of drug-likeness (QED) is 0.849. The van der Waals surface area contributed by atoms with Crippen LogP contribution in [0.5, 0.6) is 0 Å². The van der Waals surface area contributed by atoms with Gasteiger partial charge in [-0.05, 0) is 24.3 Å². The number of benzene rings is 1. The molecule has 0 atom stereocenters. The second-order valence-electron chi connectivity index (χ2n) is 4.44. The minimum Gasteiger partial charge on any atom is -0.481 e. The van der Waals surface area contributed by atoms with Gasteiger partial charge in [-0.3, -0.25) is 4.79 Å². The Hall–Kier alpha value is -2.24. The predicted molar refractivity (Wildman–Crippen MR) is 74.7 cm³/mol. The van der Waals surface area contributed by atoms with Gasteiger partial charge in [-0.2, -0.15) is 0 Å². The maximum atomic E-state index is 11.8. The predicted octanol–water partition coefficient (Wildman–Crippen LogP) is 1.69. The van der Waals surface area contributed by atoms with Gasteiger partial charge in [0.15, 0.2) is 0 Å². The summed E-state index contributed by atoms with van der Waals surface area (Å²) in [5, 5.41) is 11.3. The van der Waals surface area contributed by atoms with Crippen molar-refractivity contribution >= 4 is 23.4 Å². The number of amides is 2. The molecule has 0 bridgehead atoms. The van der Waals surface area contributed by atoms with Crippen molar-refractivity contribution in [1.82, 2.24) is 4.90 Å². The lowest BCUT2D eigenvalue weighted by Gasteiger charge is -2.17. The fourth-order valence-corrected chi connectivity index (χ4v) is 1.43. The zero-order chi connectivity index (χ0) is 14.4. The van der Waals surface area contributed by atoms with Crippen LogP contribution in [0.4, 0.5) is 16.2 Å². The third-order valence-electron chi connectivity index (χ3n) is 2.64. The van der Waals surface area contributed by atoms with Crippen LogP contribution in [0, 0.1) is 0 Å². The van der Waals surface area contributed by atoms with Crippen molar-refractivity contribution in [3.8, 4) is 0 Å². The Bertz CT molecular complexity index is 443. The van der Waals surface area contributed by atoms with Crippen LogP contribution in [-0.2, 0) is 4.79 Å². The molecule has 2 amide bonds. The Morgan fingerprint density at radius 2 is 1.74 bits per heavy atom. The van der Waals surface area contributed by atoms with Gasteiger partial charge in [-0.15, -0.1) is 0 Å². The Kier molecular flexibility index (Phi) is 5.17. The number of carbonyl (C=O) groups is 2. The summed E-state index contributed by atoms with van der Waals surface area (Å²) in [6.45, 7) is 0.178. The van der Waals surface area contributed by atoms with Gasteiger partial charge in [-0.1, -0.05) is 0 Å². The lowest BCUT2D eigenvalue weighted by molar-refractivity contribution is -0.137. The Morgan fingerprint density at radius 3 is 2.21 bits per heavy atom. The summed E-state index contributed by atoms with van der Waals surface area (Å²) in [7, 11) is 5.44. The SMILES string of the molecule is CN(CCC(=O)O)C(=O)Nc1ccc(N(C)C)cc1. The highest BCUT2D eigenvalue weighted by atomic mass is 16.4. The summed E-state index contributed by atoms with van der Waals surface area (Å²) in [5.41, 5.74) is 1.72. The molecule has 0 aromatic heterocycles. The average Bonchev–Trinajstić information content (AvgIpc) is 2.36. The van der Waals surface area contributed by atoms with Gasteiger partial charge < -0.3 is 20.2 Å².